The van der Waals surface area contributed by atoms with E-state index in [2.05, 4.69) is 53.2 Å². The Kier molecular flexibility index (Phi) is 30.8. The minimum Gasteiger partial charge on any atom is -0.497 e. The molecule has 1 fully saturated rings. The molecule has 0 unspecified atom stereocenters. The van der Waals surface area contributed by atoms with Crippen molar-refractivity contribution in [3.63, 3.8) is 0 Å². The zero-order valence-corrected chi connectivity index (χ0v) is 57.2. The number of aliphatic hydroxyl groups is 3. The molecule has 0 spiro atoms. The fourth-order valence-electron chi connectivity index (χ4n) is 10.8. The molecule has 0 aromatic heterocycles. The Labute approximate surface area is 585 Å². The molecule has 10 atom stereocenters. The van der Waals surface area contributed by atoms with Gasteiger partial charge in [-0.25, -0.2) is 9.18 Å². The maximum atomic E-state index is 15.4. The Morgan fingerprint density at radius 2 is 1.32 bits per heavy atom. The Hall–Kier alpha value is -10.4. The normalized spacial score (nSPS) is 16.2. The lowest BCUT2D eigenvalue weighted by Crippen LogP contribution is -2.67. The second kappa shape index (κ2) is 38.3. The van der Waals surface area contributed by atoms with Crippen LogP contribution in [0.4, 0.5) is 9.18 Å². The summed E-state index contributed by atoms with van der Waals surface area (Å²) in [6.07, 6.45) is -5.39. The highest BCUT2D eigenvalue weighted by Gasteiger charge is 2.47. The number of likely N-dealkylation sites (tertiary alicyclic amines) is 1. The predicted octanol–water partition coefficient (Wildman–Crippen LogP) is -2.11. The number of rotatable bonds is 37. The van der Waals surface area contributed by atoms with Crippen LogP contribution in [0.2, 0.25) is 5.02 Å². The van der Waals surface area contributed by atoms with Crippen molar-refractivity contribution in [2.75, 3.05) is 46.4 Å². The molecule has 0 bridgehead atoms. The van der Waals surface area contributed by atoms with E-state index in [0.29, 0.717) is 34.7 Å². The summed E-state index contributed by atoms with van der Waals surface area (Å²) in [6.45, 7) is 2.51. The van der Waals surface area contributed by atoms with Gasteiger partial charge >= 0.3 is 12.1 Å². The van der Waals surface area contributed by atoms with Gasteiger partial charge in [0.1, 0.15) is 65.5 Å². The monoisotopic (exact) mass is 1430 g/mol. The van der Waals surface area contributed by atoms with E-state index in [1.165, 1.54) is 30.0 Å². The van der Waals surface area contributed by atoms with Crippen molar-refractivity contribution in [1.29, 1.82) is 0 Å². The van der Waals surface area contributed by atoms with Gasteiger partial charge in [-0.05, 0) is 105 Å². The average Bonchev–Trinajstić information content (AvgIpc) is 1.77. The van der Waals surface area contributed by atoms with Gasteiger partial charge in [-0.1, -0.05) is 85.3 Å². The number of alkyl carbamates (subject to hydrolysis) is 1. The lowest BCUT2D eigenvalue weighted by molar-refractivity contribution is -0.144. The first-order chi connectivity index (χ1) is 47.8. The number of hydrogen-bond acceptors (Lipinski definition) is 19. The van der Waals surface area contributed by atoms with Gasteiger partial charge in [0.25, 0.3) is 0 Å². The van der Waals surface area contributed by atoms with Gasteiger partial charge < -0.3 is 99.4 Å². The van der Waals surface area contributed by atoms with E-state index < -0.39 is 194 Å². The summed E-state index contributed by atoms with van der Waals surface area (Å²) in [6, 6.07) is 13.5. The van der Waals surface area contributed by atoms with Gasteiger partial charge in [-0.15, -0.1) is 0 Å². The van der Waals surface area contributed by atoms with Crippen molar-refractivity contribution in [1.82, 2.24) is 58.1 Å². The molecule has 32 nitrogen and oxygen atoms in total. The van der Waals surface area contributed by atoms with Crippen molar-refractivity contribution < 1.29 is 96.6 Å². The molecule has 18 N–H and O–H groups in total. The van der Waals surface area contributed by atoms with E-state index in [9.17, 15) is 82.8 Å². The molecule has 0 radical (unpaired) electrons. The summed E-state index contributed by atoms with van der Waals surface area (Å²) in [5, 5.41) is 65.0. The zero-order valence-electron chi connectivity index (χ0n) is 56.4. The van der Waals surface area contributed by atoms with Gasteiger partial charge in [0, 0.05) is 36.4 Å². The molecular weight excluding hydrogens is 1350 g/mol. The van der Waals surface area contributed by atoms with Gasteiger partial charge in [0.05, 0.1) is 52.1 Å². The number of aliphatic carboxylic acids is 1. The summed E-state index contributed by atoms with van der Waals surface area (Å²) in [7, 11) is 1.55. The quantitative estimate of drug-likeness (QED) is 0.0230. The number of carbonyl (C=O) groups is 13. The Morgan fingerprint density at radius 1 is 0.713 bits per heavy atom. The molecule has 0 saturated carbocycles. The largest absolute Gasteiger partial charge is 0.497 e. The number of carbonyl (C=O) groups excluding carboxylic acids is 12. The number of methoxy groups -OCH3 is 1. The fourth-order valence-corrected chi connectivity index (χ4v) is 10.9. The maximum Gasteiger partial charge on any atom is 0.407 e. The summed E-state index contributed by atoms with van der Waals surface area (Å²) < 4.78 is 26.0. The third kappa shape index (κ3) is 23.7. The highest BCUT2D eigenvalue weighted by molar-refractivity contribution is 6.31. The van der Waals surface area contributed by atoms with Crippen LogP contribution in [0.1, 0.15) is 82.6 Å². The molecule has 5 rings (SSSR count). The van der Waals surface area contributed by atoms with Crippen molar-refractivity contribution in [2.45, 2.75) is 146 Å². The molecule has 1 saturated heterocycles. The van der Waals surface area contributed by atoms with Crippen LogP contribution in [0.3, 0.4) is 0 Å². The first kappa shape index (κ1) is 81.3. The Bertz CT molecular complexity index is 3660. The molecule has 4 aromatic rings. The van der Waals surface area contributed by atoms with E-state index in [0.717, 1.165) is 43.5 Å². The molecule has 4 aromatic carbocycles. The van der Waals surface area contributed by atoms with Crippen molar-refractivity contribution >= 4 is 88.6 Å². The number of benzene rings is 4. The third-order valence-corrected chi connectivity index (χ3v) is 16.9. The standard InChI is InChI=1S/C67H87ClFN13O19/c1-7-39-28-43(100-6)21-22-44(39)40-19-17-38(18-20-40)27-48(60(94)76-49(57(71)91)31-74-65(99)101-35-42-14-8-10-15-45(42)68)75-51(86)32-73-59(93)50(34-83)77-61(95)55(36(2)84)80-63(97)66(4,29-41-13-9-11-16-46(41)69)81-62(96)56(37(3)85)79-52(87)33-72-58(92)47(23-24-54(89)90)78-64(98)67(5)25-12-26-82(67)53(88)30-70/h8-11,13-22,28,36-37,47-50,55-56,83-85H,7,12,23-27,29-35,70H2,1-6H3,(H2,71,91)(H,72,92)(H,73,93)(H,74,99)(H,75,86)(H,76,94)(H,77,95)(H,78,98)(H,79,87)(H,80,97)(H,81,96)(H,89,90)/t36-,37-,47+,48+,49+,50+,55+,56+,66+,67+/m1/s1. The number of halogens is 2. The number of amides is 12. The van der Waals surface area contributed by atoms with E-state index in [1.54, 1.807) is 61.7 Å². The SMILES string of the molecule is CCc1cc(OC)ccc1-c1ccc(C[C@H](NC(=O)CNC(=O)[C@H](CO)NC(=O)[C@@H](NC(=O)[C@](C)(Cc2ccccc2F)NC(=O)[C@@H](NC(=O)CNC(=O)[C@H](CCC(=O)O)NC(=O)[C@]2(C)CCCN2C(=O)CN)[C@@H](C)O)[C@@H](C)O)C(=O)N[C@@H](CNC(=O)OCc2ccccc2Cl)C(N)=O)cc1. The molecule has 34 heteroatoms. The van der Waals surface area contributed by atoms with E-state index >= 15 is 4.39 Å². The zero-order chi connectivity index (χ0) is 74.9. The van der Waals surface area contributed by atoms with Crippen LogP contribution in [0.15, 0.2) is 91.0 Å². The summed E-state index contributed by atoms with van der Waals surface area (Å²) in [5.74, 6) is -13.4. The Morgan fingerprint density at radius 3 is 1.90 bits per heavy atom. The highest BCUT2D eigenvalue weighted by Crippen LogP contribution is 2.31. The summed E-state index contributed by atoms with van der Waals surface area (Å²) >= 11 is 6.16. The minimum atomic E-state index is -2.37. The number of carboxylic acids is 1. The van der Waals surface area contributed by atoms with E-state index in [1.807, 2.05) is 19.1 Å². The second-order valence-corrected chi connectivity index (χ2v) is 24.6. The highest BCUT2D eigenvalue weighted by atomic mass is 35.5. The number of nitrogens with one attached hydrogen (secondary N) is 10. The number of ether oxygens (including phenoxy) is 2. The van der Waals surface area contributed by atoms with Crippen LogP contribution in [0.25, 0.3) is 11.1 Å². The van der Waals surface area contributed by atoms with Crippen molar-refractivity contribution in [2.24, 2.45) is 11.5 Å². The van der Waals surface area contributed by atoms with Crippen molar-refractivity contribution in [3.8, 4) is 16.9 Å². The molecule has 1 aliphatic heterocycles. The van der Waals surface area contributed by atoms with Gasteiger partial charge in [-0.2, -0.15) is 0 Å². The van der Waals surface area contributed by atoms with Gasteiger partial charge in [-0.3, -0.25) is 57.5 Å². The Balaban J connectivity index is 1.28. The molecule has 548 valence electrons. The van der Waals surface area contributed by atoms with Gasteiger partial charge in [0.2, 0.25) is 65.0 Å². The molecule has 101 heavy (non-hydrogen) atoms. The third-order valence-electron chi connectivity index (χ3n) is 16.5. The number of nitrogens with zero attached hydrogens (tertiary/aromatic N) is 1. The lowest BCUT2D eigenvalue weighted by Gasteiger charge is -2.35. The molecular formula is C67H87ClFN13O19. The van der Waals surface area contributed by atoms with Crippen LogP contribution < -0.4 is 69.4 Å². The van der Waals surface area contributed by atoms with Crippen molar-refractivity contribution in [3.05, 3.63) is 124 Å². The smallest absolute Gasteiger partial charge is 0.407 e. The maximum absolute atomic E-state index is 15.4. The van der Waals surface area contributed by atoms with Crippen LogP contribution in [-0.2, 0) is 88.1 Å². The molecule has 12 amide bonds. The van der Waals surface area contributed by atoms with Crippen LogP contribution in [-0.4, -0.2) is 208 Å². The molecule has 0 aliphatic carbocycles. The van der Waals surface area contributed by atoms with Crippen LogP contribution in [0.5, 0.6) is 5.75 Å². The summed E-state index contributed by atoms with van der Waals surface area (Å²) in [5.41, 5.74) is 10.8. The van der Waals surface area contributed by atoms with Crippen LogP contribution in [0, 0.1) is 5.82 Å². The second-order valence-electron chi connectivity index (χ2n) is 24.2. The number of aliphatic hydroxyl groups excluding tert-OH is 3. The number of hydrogen-bond donors (Lipinski definition) is 16. The molecule has 1 heterocycles. The van der Waals surface area contributed by atoms with Crippen LogP contribution >= 0.6 is 11.6 Å². The van der Waals surface area contributed by atoms with Gasteiger partial charge in [0.15, 0.2) is 0 Å². The minimum absolute atomic E-state index is 0.182. The summed E-state index contributed by atoms with van der Waals surface area (Å²) in [4.78, 5) is 175. The lowest BCUT2D eigenvalue weighted by atomic mass is 9.90. The van der Waals surface area contributed by atoms with E-state index in [4.69, 9.17) is 32.5 Å². The predicted molar refractivity (Wildman–Crippen MR) is 360 cm³/mol. The topological polar surface area (TPSA) is 497 Å². The number of nitrogens with two attached hydrogens (primary N) is 2. The number of aryl methyl sites for hydroxylation is 1. The van der Waals surface area contributed by atoms with E-state index in [-0.39, 0.29) is 31.6 Å². The first-order valence-corrected chi connectivity index (χ1v) is 32.5. The number of carboxylic acid groups (broad SMARTS) is 1. The average molecular weight is 1430 g/mol. The number of primary amides is 1. The first-order valence-electron chi connectivity index (χ1n) is 32.1. The molecule has 1 aliphatic rings. The fraction of sp³-hybridized carbons (Fsp3) is 0.448.